The molecule has 1 heterocycles. The summed E-state index contributed by atoms with van der Waals surface area (Å²) >= 11 is 0. The normalized spacial score (nSPS) is 21.2. The summed E-state index contributed by atoms with van der Waals surface area (Å²) in [6, 6.07) is 5.66. The van der Waals surface area contributed by atoms with Crippen molar-refractivity contribution in [3.05, 3.63) is 23.8 Å². The van der Waals surface area contributed by atoms with E-state index >= 15 is 0 Å². The number of hydrogen-bond acceptors (Lipinski definition) is 3. The lowest BCUT2D eigenvalue weighted by Crippen LogP contribution is -2.27. The molecule has 4 nitrogen and oxygen atoms in total. The van der Waals surface area contributed by atoms with Crippen LogP contribution in [0.4, 0.5) is 5.69 Å². The van der Waals surface area contributed by atoms with Crippen molar-refractivity contribution in [2.45, 2.75) is 38.6 Å². The van der Waals surface area contributed by atoms with Crippen molar-refractivity contribution >= 4 is 11.6 Å². The Hall–Kier alpha value is -1.55. The number of carbonyl (C=O) groups excluding carboxylic acids is 1. The van der Waals surface area contributed by atoms with Gasteiger partial charge in [0, 0.05) is 17.3 Å². The smallest absolute Gasteiger partial charge is 0.246 e. The first-order valence-corrected chi connectivity index (χ1v) is 7.59. The van der Waals surface area contributed by atoms with Crippen LogP contribution in [0, 0.1) is 5.92 Å². The number of carbonyl (C=O) groups is 1. The van der Waals surface area contributed by atoms with E-state index in [-0.39, 0.29) is 11.9 Å². The van der Waals surface area contributed by atoms with Crippen LogP contribution in [0.25, 0.3) is 0 Å². The number of nitrogens with one attached hydrogen (secondary N) is 2. The van der Waals surface area contributed by atoms with Crippen LogP contribution < -0.4 is 15.4 Å². The second-order valence-electron chi connectivity index (χ2n) is 5.66. The van der Waals surface area contributed by atoms with E-state index in [4.69, 9.17) is 4.74 Å². The van der Waals surface area contributed by atoms with Gasteiger partial charge in [-0.1, -0.05) is 32.3 Å². The van der Waals surface area contributed by atoms with Crippen LogP contribution >= 0.6 is 0 Å². The Morgan fingerprint density at radius 3 is 2.95 bits per heavy atom. The molecule has 4 heteroatoms. The molecule has 0 saturated heterocycles. The van der Waals surface area contributed by atoms with Gasteiger partial charge in [-0.2, -0.15) is 0 Å². The molecule has 1 saturated carbocycles. The molecule has 2 N–H and O–H groups in total. The summed E-state index contributed by atoms with van der Waals surface area (Å²) in [5.41, 5.74) is 1.89. The molecule has 20 heavy (non-hydrogen) atoms. The van der Waals surface area contributed by atoms with Gasteiger partial charge in [-0.05, 0) is 24.9 Å². The molecule has 2 aliphatic rings. The topological polar surface area (TPSA) is 50.4 Å². The van der Waals surface area contributed by atoms with Gasteiger partial charge in [-0.3, -0.25) is 4.79 Å². The molecule has 1 unspecified atom stereocenters. The van der Waals surface area contributed by atoms with Gasteiger partial charge in [0.1, 0.15) is 11.8 Å². The van der Waals surface area contributed by atoms with Gasteiger partial charge in [0.05, 0.1) is 6.61 Å². The summed E-state index contributed by atoms with van der Waals surface area (Å²) in [5.74, 6) is 1.73. The van der Waals surface area contributed by atoms with Crippen molar-refractivity contribution in [1.82, 2.24) is 5.32 Å². The lowest BCUT2D eigenvalue weighted by molar-refractivity contribution is -0.117. The molecule has 1 aromatic carbocycles. The average molecular weight is 274 g/mol. The van der Waals surface area contributed by atoms with E-state index in [9.17, 15) is 4.79 Å². The number of rotatable bonds is 6. The van der Waals surface area contributed by atoms with E-state index in [0.29, 0.717) is 0 Å². The molecular weight excluding hydrogens is 252 g/mol. The third-order valence-corrected chi connectivity index (χ3v) is 4.28. The third kappa shape index (κ3) is 2.66. The second kappa shape index (κ2) is 5.83. The first kappa shape index (κ1) is 13.4. The van der Waals surface area contributed by atoms with Gasteiger partial charge in [-0.25, -0.2) is 0 Å². The van der Waals surface area contributed by atoms with Crippen molar-refractivity contribution < 1.29 is 9.53 Å². The van der Waals surface area contributed by atoms with Gasteiger partial charge < -0.3 is 15.4 Å². The fourth-order valence-corrected chi connectivity index (χ4v) is 2.86. The molecule has 0 radical (unpaired) electrons. The first-order valence-electron chi connectivity index (χ1n) is 7.59. The maximum Gasteiger partial charge on any atom is 0.246 e. The molecule has 1 aromatic rings. The second-order valence-corrected chi connectivity index (χ2v) is 5.66. The number of benzene rings is 1. The Labute approximate surface area is 119 Å². The zero-order chi connectivity index (χ0) is 13.9. The minimum Gasteiger partial charge on any atom is -0.494 e. The van der Waals surface area contributed by atoms with Crippen LogP contribution in [0.2, 0.25) is 0 Å². The third-order valence-electron chi connectivity index (χ3n) is 4.28. The largest absolute Gasteiger partial charge is 0.494 e. The molecule has 0 spiro atoms. The summed E-state index contributed by atoms with van der Waals surface area (Å²) in [4.78, 5) is 11.9. The molecule has 0 aromatic heterocycles. The van der Waals surface area contributed by atoms with E-state index in [1.807, 2.05) is 25.1 Å². The van der Waals surface area contributed by atoms with Gasteiger partial charge in [0.25, 0.3) is 0 Å². The quantitative estimate of drug-likeness (QED) is 0.838. The fraction of sp³-hybridized carbons (Fsp3) is 0.562. The highest BCUT2D eigenvalue weighted by Gasteiger charge is 2.29. The van der Waals surface area contributed by atoms with Gasteiger partial charge in [0.15, 0.2) is 0 Å². The molecule has 3 rings (SSSR count). The highest BCUT2D eigenvalue weighted by atomic mass is 16.5. The van der Waals surface area contributed by atoms with E-state index in [1.54, 1.807) is 0 Å². The molecule has 1 fully saturated rings. The lowest BCUT2D eigenvalue weighted by atomic mass is 9.83. The number of amides is 1. The average Bonchev–Trinajstić information content (AvgIpc) is 2.69. The van der Waals surface area contributed by atoms with Crippen LogP contribution in [0.3, 0.4) is 0 Å². The Morgan fingerprint density at radius 2 is 2.25 bits per heavy atom. The maximum atomic E-state index is 11.9. The van der Waals surface area contributed by atoms with E-state index in [2.05, 4.69) is 10.6 Å². The Morgan fingerprint density at radius 1 is 1.40 bits per heavy atom. The van der Waals surface area contributed by atoms with E-state index in [0.717, 1.165) is 42.5 Å². The summed E-state index contributed by atoms with van der Waals surface area (Å²) in [6.45, 7) is 3.55. The highest BCUT2D eigenvalue weighted by molar-refractivity contribution is 6.02. The van der Waals surface area contributed by atoms with Crippen molar-refractivity contribution in [2.24, 2.45) is 5.92 Å². The number of likely N-dealkylation sites (N-methyl/N-ethyl adjacent to an activating group) is 1. The zero-order valence-electron chi connectivity index (χ0n) is 11.9. The monoisotopic (exact) mass is 274 g/mol. The Balaban J connectivity index is 1.61. The lowest BCUT2D eigenvalue weighted by Gasteiger charge is -2.25. The van der Waals surface area contributed by atoms with Gasteiger partial charge >= 0.3 is 0 Å². The molecule has 1 atom stereocenters. The standard InChI is InChI=1S/C16H22N2O2/c1-2-17-15-13-7-6-12(10-14(13)18-16(15)19)20-9-8-11-4-3-5-11/h6-7,10-11,15,17H,2-5,8-9H2,1H3,(H,18,19). The SMILES string of the molecule is CCNC1C(=O)Nc2cc(OCCC3CCC3)ccc21. The molecule has 1 aliphatic carbocycles. The van der Waals surface area contributed by atoms with Crippen LogP contribution in [-0.2, 0) is 4.79 Å². The molecule has 0 bridgehead atoms. The maximum absolute atomic E-state index is 11.9. The van der Waals surface area contributed by atoms with Crippen LogP contribution in [0.15, 0.2) is 18.2 Å². The van der Waals surface area contributed by atoms with E-state index in [1.165, 1.54) is 19.3 Å². The first-order chi connectivity index (χ1) is 9.78. The fourth-order valence-electron chi connectivity index (χ4n) is 2.86. The van der Waals surface area contributed by atoms with E-state index < -0.39 is 0 Å². The number of hydrogen-bond donors (Lipinski definition) is 2. The van der Waals surface area contributed by atoms with Crippen molar-refractivity contribution in [3.63, 3.8) is 0 Å². The Bertz CT molecular complexity index is 497. The van der Waals surface area contributed by atoms with Crippen molar-refractivity contribution in [3.8, 4) is 5.75 Å². The minimum absolute atomic E-state index is 0.0217. The summed E-state index contributed by atoms with van der Waals surface area (Å²) < 4.78 is 5.80. The van der Waals surface area contributed by atoms with Crippen LogP contribution in [0.5, 0.6) is 5.75 Å². The Kier molecular flexibility index (Phi) is 3.92. The number of fused-ring (bicyclic) bond motifs is 1. The predicted molar refractivity (Wildman–Crippen MR) is 78.9 cm³/mol. The van der Waals surface area contributed by atoms with Crippen molar-refractivity contribution in [2.75, 3.05) is 18.5 Å². The van der Waals surface area contributed by atoms with Gasteiger partial charge in [0.2, 0.25) is 5.91 Å². The van der Waals surface area contributed by atoms with Crippen LogP contribution in [-0.4, -0.2) is 19.1 Å². The summed E-state index contributed by atoms with van der Waals surface area (Å²) in [7, 11) is 0. The molecule has 108 valence electrons. The molecule has 1 aliphatic heterocycles. The van der Waals surface area contributed by atoms with Crippen LogP contribution in [0.1, 0.15) is 44.2 Å². The zero-order valence-corrected chi connectivity index (χ0v) is 11.9. The number of ether oxygens (including phenoxy) is 1. The molecular formula is C16H22N2O2. The van der Waals surface area contributed by atoms with Gasteiger partial charge in [-0.15, -0.1) is 0 Å². The highest BCUT2D eigenvalue weighted by Crippen LogP contribution is 2.34. The summed E-state index contributed by atoms with van der Waals surface area (Å²) in [5, 5.41) is 6.10. The molecule has 1 amide bonds. The number of anilines is 1. The predicted octanol–water partition coefficient (Wildman–Crippen LogP) is 2.86. The minimum atomic E-state index is -0.223. The summed E-state index contributed by atoms with van der Waals surface area (Å²) in [6.07, 6.45) is 5.23. The van der Waals surface area contributed by atoms with Crippen molar-refractivity contribution in [1.29, 1.82) is 0 Å².